The predicted octanol–water partition coefficient (Wildman–Crippen LogP) is 0.948. The minimum absolute atomic E-state index is 0.0352. The van der Waals surface area contributed by atoms with E-state index in [9.17, 15) is 14.7 Å². The number of carbonyl (C=O) groups excluding carboxylic acids is 2. The van der Waals surface area contributed by atoms with Crippen LogP contribution in [0, 0.1) is 28.6 Å². The zero-order valence-electron chi connectivity index (χ0n) is 14.0. The van der Waals surface area contributed by atoms with Gasteiger partial charge in [0.1, 0.15) is 6.04 Å². The van der Waals surface area contributed by atoms with Crippen LogP contribution < -0.4 is 5.32 Å². The molecule has 2 unspecified atom stereocenters. The summed E-state index contributed by atoms with van der Waals surface area (Å²) in [5.41, 5.74) is -1.16. The molecule has 0 aromatic rings. The summed E-state index contributed by atoms with van der Waals surface area (Å²) in [7, 11) is 0. The van der Waals surface area contributed by atoms with E-state index in [1.165, 1.54) is 0 Å². The van der Waals surface area contributed by atoms with Crippen LogP contribution in [0.1, 0.15) is 51.4 Å². The molecule has 2 N–H and O–H groups in total. The number of nitrogens with one attached hydrogen (secondary N) is 1. The Balaban J connectivity index is 1.40. The van der Waals surface area contributed by atoms with E-state index >= 15 is 0 Å². The summed E-state index contributed by atoms with van der Waals surface area (Å²) in [6.45, 7) is 0.564. The predicted molar refractivity (Wildman–Crippen MR) is 85.4 cm³/mol. The molecule has 4 aliphatic carbocycles. The van der Waals surface area contributed by atoms with Crippen molar-refractivity contribution < 1.29 is 14.7 Å². The molecule has 5 fully saturated rings. The van der Waals surface area contributed by atoms with Gasteiger partial charge in [-0.25, -0.2) is 0 Å². The Labute approximate surface area is 142 Å². The molecular formula is C18H25N3O3. The van der Waals surface area contributed by atoms with Crippen molar-refractivity contribution in [3.8, 4) is 6.07 Å². The van der Waals surface area contributed by atoms with Gasteiger partial charge in [0.15, 0.2) is 0 Å². The topological polar surface area (TPSA) is 93.4 Å². The molecule has 5 rings (SSSR count). The van der Waals surface area contributed by atoms with Crippen molar-refractivity contribution in [1.29, 1.82) is 5.26 Å². The molecule has 1 aliphatic heterocycles. The lowest BCUT2D eigenvalue weighted by atomic mass is 9.47. The van der Waals surface area contributed by atoms with E-state index in [2.05, 4.69) is 11.4 Å². The number of hydrogen-bond acceptors (Lipinski definition) is 4. The van der Waals surface area contributed by atoms with E-state index < -0.39 is 11.0 Å². The number of amides is 2. The number of nitrogens with zero attached hydrogens (tertiary/aromatic N) is 2. The first-order valence-corrected chi connectivity index (χ1v) is 9.13. The molecule has 1 heterocycles. The number of aliphatic hydroxyl groups is 1. The molecule has 6 nitrogen and oxygen atoms in total. The van der Waals surface area contributed by atoms with Gasteiger partial charge in [0.2, 0.25) is 11.8 Å². The monoisotopic (exact) mass is 331 g/mol. The molecule has 0 aromatic heterocycles. The van der Waals surface area contributed by atoms with E-state index in [0.29, 0.717) is 24.8 Å². The van der Waals surface area contributed by atoms with Gasteiger partial charge >= 0.3 is 0 Å². The van der Waals surface area contributed by atoms with Crippen LogP contribution in [0.2, 0.25) is 0 Å². The zero-order chi connectivity index (χ0) is 16.9. The number of rotatable bonds is 3. The minimum atomic E-state index is -0.674. The van der Waals surface area contributed by atoms with Gasteiger partial charge in [-0.1, -0.05) is 0 Å². The zero-order valence-corrected chi connectivity index (χ0v) is 14.0. The minimum Gasteiger partial charge on any atom is -0.390 e. The second-order valence-electron chi connectivity index (χ2n) is 8.52. The lowest BCUT2D eigenvalue weighted by molar-refractivity contribution is -0.178. The third kappa shape index (κ3) is 2.50. The van der Waals surface area contributed by atoms with Gasteiger partial charge in [-0.05, 0) is 63.2 Å². The van der Waals surface area contributed by atoms with Gasteiger partial charge in [0.05, 0.1) is 23.6 Å². The highest BCUT2D eigenvalue weighted by molar-refractivity contribution is 5.88. The average molecular weight is 331 g/mol. The van der Waals surface area contributed by atoms with Crippen molar-refractivity contribution in [3.05, 3.63) is 0 Å². The first-order chi connectivity index (χ1) is 11.4. The molecule has 130 valence electrons. The fourth-order valence-corrected chi connectivity index (χ4v) is 6.12. The van der Waals surface area contributed by atoms with Crippen molar-refractivity contribution in [1.82, 2.24) is 10.2 Å². The smallest absolute Gasteiger partial charge is 0.243 e. The van der Waals surface area contributed by atoms with Gasteiger partial charge in [-0.15, -0.1) is 0 Å². The molecule has 4 saturated carbocycles. The Kier molecular flexibility index (Phi) is 3.61. The SMILES string of the molecule is N#C[C@@H]1CCCN1C(=O)CNC(=O)C12CC3CC(CC(O)(C3)C1)C2. The standard InChI is InChI=1S/C18H25N3O3/c19-9-14-2-1-3-21(14)15(22)10-20-16(23)17-5-12-4-13(6-17)8-18(24,7-12)11-17/h12-14,24H,1-8,10-11H2,(H,20,23)/t12?,13?,14-,17?,18?/m0/s1. The molecule has 5 aliphatic rings. The molecule has 4 bridgehead atoms. The molecule has 3 atom stereocenters. The molecule has 0 radical (unpaired) electrons. The van der Waals surface area contributed by atoms with Crippen LogP contribution in [0.3, 0.4) is 0 Å². The molecule has 0 spiro atoms. The maximum Gasteiger partial charge on any atom is 0.243 e. The van der Waals surface area contributed by atoms with Crippen molar-refractivity contribution >= 4 is 11.8 Å². The van der Waals surface area contributed by atoms with Gasteiger partial charge < -0.3 is 15.3 Å². The van der Waals surface area contributed by atoms with E-state index in [1.807, 2.05) is 0 Å². The Morgan fingerprint density at radius 1 is 1.25 bits per heavy atom. The molecule has 6 heteroatoms. The van der Waals surface area contributed by atoms with Crippen molar-refractivity contribution in [2.45, 2.75) is 63.0 Å². The third-order valence-corrected chi connectivity index (χ3v) is 6.63. The van der Waals surface area contributed by atoms with Crippen LogP contribution in [0.25, 0.3) is 0 Å². The highest BCUT2D eigenvalue weighted by Crippen LogP contribution is 2.61. The lowest BCUT2D eigenvalue weighted by Crippen LogP contribution is -2.60. The van der Waals surface area contributed by atoms with E-state index in [4.69, 9.17) is 5.26 Å². The summed E-state index contributed by atoms with van der Waals surface area (Å²) in [6, 6.07) is 1.80. The van der Waals surface area contributed by atoms with Gasteiger partial charge in [-0.3, -0.25) is 9.59 Å². The summed E-state index contributed by atoms with van der Waals surface area (Å²) >= 11 is 0. The van der Waals surface area contributed by atoms with Gasteiger partial charge in [-0.2, -0.15) is 5.26 Å². The first kappa shape index (κ1) is 15.9. The van der Waals surface area contributed by atoms with Crippen LogP contribution in [0.4, 0.5) is 0 Å². The van der Waals surface area contributed by atoms with Crippen LogP contribution in [0.5, 0.6) is 0 Å². The third-order valence-electron chi connectivity index (χ3n) is 6.63. The van der Waals surface area contributed by atoms with Crippen LogP contribution in [0.15, 0.2) is 0 Å². The Morgan fingerprint density at radius 2 is 1.96 bits per heavy atom. The molecule has 0 aromatic carbocycles. The average Bonchev–Trinajstić information content (AvgIpc) is 2.98. The molecule has 24 heavy (non-hydrogen) atoms. The maximum absolute atomic E-state index is 12.9. The van der Waals surface area contributed by atoms with Gasteiger partial charge in [0, 0.05) is 6.54 Å². The molecular weight excluding hydrogens is 306 g/mol. The quantitative estimate of drug-likeness (QED) is 0.805. The highest BCUT2D eigenvalue weighted by Gasteiger charge is 2.60. The summed E-state index contributed by atoms with van der Waals surface area (Å²) in [6.07, 6.45) is 6.58. The van der Waals surface area contributed by atoms with Crippen LogP contribution in [-0.4, -0.2) is 46.6 Å². The summed E-state index contributed by atoms with van der Waals surface area (Å²) < 4.78 is 0. The highest BCUT2D eigenvalue weighted by atomic mass is 16.3. The Bertz CT molecular complexity index is 597. The van der Waals surface area contributed by atoms with E-state index in [1.54, 1.807) is 4.90 Å². The van der Waals surface area contributed by atoms with Crippen LogP contribution >= 0.6 is 0 Å². The normalized spacial score (nSPS) is 42.8. The second kappa shape index (κ2) is 5.45. The summed E-state index contributed by atoms with van der Waals surface area (Å²) in [5, 5.41) is 22.7. The Morgan fingerprint density at radius 3 is 2.58 bits per heavy atom. The number of nitriles is 1. The summed E-state index contributed by atoms with van der Waals surface area (Å²) in [4.78, 5) is 26.7. The lowest BCUT2D eigenvalue weighted by Gasteiger charge is -2.59. The van der Waals surface area contributed by atoms with Crippen LogP contribution in [-0.2, 0) is 9.59 Å². The molecule has 1 saturated heterocycles. The van der Waals surface area contributed by atoms with Gasteiger partial charge in [0.25, 0.3) is 0 Å². The number of hydrogen-bond donors (Lipinski definition) is 2. The molecule has 2 amide bonds. The number of likely N-dealkylation sites (tertiary alicyclic amines) is 1. The van der Waals surface area contributed by atoms with Crippen molar-refractivity contribution in [3.63, 3.8) is 0 Å². The summed E-state index contributed by atoms with van der Waals surface area (Å²) in [5.74, 6) is 0.644. The Hall–Kier alpha value is -1.61. The van der Waals surface area contributed by atoms with Crippen molar-refractivity contribution in [2.75, 3.05) is 13.1 Å². The largest absolute Gasteiger partial charge is 0.390 e. The maximum atomic E-state index is 12.9. The fourth-order valence-electron chi connectivity index (χ4n) is 6.12. The number of carbonyl (C=O) groups is 2. The van der Waals surface area contributed by atoms with Crippen molar-refractivity contribution in [2.24, 2.45) is 17.3 Å². The fraction of sp³-hybridized carbons (Fsp3) is 0.833. The first-order valence-electron chi connectivity index (χ1n) is 9.13. The second-order valence-corrected chi connectivity index (χ2v) is 8.52. The van der Waals surface area contributed by atoms with E-state index in [0.717, 1.165) is 44.9 Å². The van der Waals surface area contributed by atoms with E-state index in [-0.39, 0.29) is 24.4 Å².